The molecule has 0 aliphatic carbocycles. The molecular formula is C11H11BrClFO2. The largest absolute Gasteiger partial charge is 0.486 e. The van der Waals surface area contributed by atoms with E-state index in [0.717, 1.165) is 6.42 Å². The highest BCUT2D eigenvalue weighted by Gasteiger charge is 2.37. The van der Waals surface area contributed by atoms with Gasteiger partial charge in [-0.1, -0.05) is 24.9 Å². The Morgan fingerprint density at radius 2 is 2.31 bits per heavy atom. The number of aliphatic hydroxyl groups excluding tert-OH is 1. The minimum atomic E-state index is -0.940. The lowest BCUT2D eigenvalue weighted by atomic mass is 10.0. The van der Waals surface area contributed by atoms with Gasteiger partial charge in [0.05, 0.1) is 15.1 Å². The Kier molecular flexibility index (Phi) is 3.42. The van der Waals surface area contributed by atoms with E-state index < -0.39 is 11.9 Å². The molecule has 88 valence electrons. The predicted molar refractivity (Wildman–Crippen MR) is 63.4 cm³/mol. The summed E-state index contributed by atoms with van der Waals surface area (Å²) in [7, 11) is 0. The first kappa shape index (κ1) is 12.1. The summed E-state index contributed by atoms with van der Waals surface area (Å²) in [5.74, 6) is -0.223. The Labute approximate surface area is 106 Å². The van der Waals surface area contributed by atoms with Crippen LogP contribution in [0.5, 0.6) is 5.75 Å². The maximum Gasteiger partial charge on any atom is 0.151 e. The fourth-order valence-electron chi connectivity index (χ4n) is 1.88. The van der Waals surface area contributed by atoms with Crippen molar-refractivity contribution in [2.45, 2.75) is 32.0 Å². The van der Waals surface area contributed by atoms with Crippen molar-refractivity contribution in [3.63, 3.8) is 0 Å². The van der Waals surface area contributed by atoms with Crippen molar-refractivity contribution in [2.24, 2.45) is 0 Å². The van der Waals surface area contributed by atoms with E-state index in [1.54, 1.807) is 0 Å². The fraction of sp³-hybridized carbons (Fsp3) is 0.455. The van der Waals surface area contributed by atoms with Gasteiger partial charge in [-0.25, -0.2) is 4.39 Å². The molecule has 0 saturated carbocycles. The highest BCUT2D eigenvalue weighted by Crippen LogP contribution is 2.46. The van der Waals surface area contributed by atoms with Crippen LogP contribution in [0.1, 0.15) is 31.4 Å². The molecule has 1 aliphatic heterocycles. The molecule has 1 heterocycles. The molecule has 1 aromatic rings. The zero-order valence-electron chi connectivity index (χ0n) is 8.64. The topological polar surface area (TPSA) is 29.5 Å². The second kappa shape index (κ2) is 4.51. The molecule has 2 rings (SSSR count). The standard InChI is InChI=1S/C11H11BrClFO2/c1-2-3-7-10(15)8-9(14)6(13)4-5(12)11(8)16-7/h4,7,10,15H,2-3H2,1H3. The van der Waals surface area contributed by atoms with Gasteiger partial charge in [0.15, 0.2) is 5.82 Å². The van der Waals surface area contributed by atoms with Gasteiger partial charge in [-0.2, -0.15) is 0 Å². The highest BCUT2D eigenvalue weighted by atomic mass is 79.9. The Morgan fingerprint density at radius 3 is 2.94 bits per heavy atom. The lowest BCUT2D eigenvalue weighted by Gasteiger charge is -2.12. The van der Waals surface area contributed by atoms with Gasteiger partial charge >= 0.3 is 0 Å². The molecule has 1 N–H and O–H groups in total. The van der Waals surface area contributed by atoms with Gasteiger partial charge in [0, 0.05) is 0 Å². The quantitative estimate of drug-likeness (QED) is 0.841. The average molecular weight is 310 g/mol. The molecule has 0 aromatic heterocycles. The molecule has 2 unspecified atom stereocenters. The zero-order valence-corrected chi connectivity index (χ0v) is 11.0. The van der Waals surface area contributed by atoms with Crippen LogP contribution in [0.4, 0.5) is 4.39 Å². The molecule has 0 fully saturated rings. The van der Waals surface area contributed by atoms with Crippen molar-refractivity contribution < 1.29 is 14.2 Å². The van der Waals surface area contributed by atoms with Crippen molar-refractivity contribution in [1.29, 1.82) is 0 Å². The monoisotopic (exact) mass is 308 g/mol. The van der Waals surface area contributed by atoms with Crippen LogP contribution in [0.3, 0.4) is 0 Å². The number of ether oxygens (including phenoxy) is 1. The van der Waals surface area contributed by atoms with E-state index in [4.69, 9.17) is 16.3 Å². The van der Waals surface area contributed by atoms with Crippen molar-refractivity contribution in [1.82, 2.24) is 0 Å². The summed E-state index contributed by atoms with van der Waals surface area (Å²) in [4.78, 5) is 0. The first-order valence-corrected chi connectivity index (χ1v) is 6.25. The van der Waals surface area contributed by atoms with Crippen molar-refractivity contribution in [3.05, 3.63) is 26.9 Å². The Morgan fingerprint density at radius 1 is 1.62 bits per heavy atom. The van der Waals surface area contributed by atoms with Crippen molar-refractivity contribution >= 4 is 27.5 Å². The number of fused-ring (bicyclic) bond motifs is 1. The van der Waals surface area contributed by atoms with Gasteiger partial charge in [0.2, 0.25) is 0 Å². The summed E-state index contributed by atoms with van der Waals surface area (Å²) >= 11 is 8.97. The number of benzene rings is 1. The summed E-state index contributed by atoms with van der Waals surface area (Å²) in [5.41, 5.74) is 0.165. The van der Waals surface area contributed by atoms with Crippen molar-refractivity contribution in [3.8, 4) is 5.75 Å². The molecule has 2 atom stereocenters. The Hall–Kier alpha value is -0.320. The summed E-state index contributed by atoms with van der Waals surface area (Å²) < 4.78 is 19.9. The molecule has 0 bridgehead atoms. The number of halogens is 3. The molecule has 0 radical (unpaired) electrons. The molecule has 5 heteroatoms. The molecule has 0 amide bonds. The fourth-order valence-corrected chi connectivity index (χ4v) is 2.76. The van der Waals surface area contributed by atoms with E-state index in [0.29, 0.717) is 16.6 Å². The number of aliphatic hydroxyl groups is 1. The van der Waals surface area contributed by atoms with Crippen LogP contribution in [0.25, 0.3) is 0 Å². The lowest BCUT2D eigenvalue weighted by molar-refractivity contribution is 0.0601. The second-order valence-corrected chi connectivity index (χ2v) is 5.05. The molecule has 0 spiro atoms. The molecule has 0 saturated heterocycles. The molecule has 16 heavy (non-hydrogen) atoms. The molecule has 2 nitrogen and oxygen atoms in total. The van der Waals surface area contributed by atoms with Crippen LogP contribution in [0, 0.1) is 5.82 Å². The number of hydrogen-bond donors (Lipinski definition) is 1. The highest BCUT2D eigenvalue weighted by molar-refractivity contribution is 9.10. The van der Waals surface area contributed by atoms with Crippen LogP contribution in [-0.2, 0) is 0 Å². The maximum atomic E-state index is 13.8. The first-order chi connectivity index (χ1) is 7.56. The van der Waals surface area contributed by atoms with Crippen LogP contribution >= 0.6 is 27.5 Å². The summed E-state index contributed by atoms with van der Waals surface area (Å²) in [6.45, 7) is 1.98. The normalized spacial score (nSPS) is 23.1. The third-order valence-electron chi connectivity index (χ3n) is 2.65. The van der Waals surface area contributed by atoms with E-state index in [-0.39, 0.29) is 16.7 Å². The first-order valence-electron chi connectivity index (χ1n) is 5.08. The summed E-state index contributed by atoms with van der Waals surface area (Å²) in [6.07, 6.45) is 0.219. The maximum absolute atomic E-state index is 13.8. The van der Waals surface area contributed by atoms with Gasteiger partial charge in [0.1, 0.15) is 18.0 Å². The van der Waals surface area contributed by atoms with Crippen LogP contribution in [0.15, 0.2) is 10.5 Å². The SMILES string of the molecule is CCCC1Oc2c(Br)cc(Cl)c(F)c2C1O. The van der Waals surface area contributed by atoms with Gasteiger partial charge in [-0.15, -0.1) is 0 Å². The van der Waals surface area contributed by atoms with Gasteiger partial charge in [-0.05, 0) is 28.4 Å². The predicted octanol–water partition coefficient (Wildman–Crippen LogP) is 3.84. The van der Waals surface area contributed by atoms with Crippen LogP contribution in [-0.4, -0.2) is 11.2 Å². The summed E-state index contributed by atoms with van der Waals surface area (Å²) in [6, 6.07) is 1.44. The second-order valence-electron chi connectivity index (χ2n) is 3.79. The van der Waals surface area contributed by atoms with E-state index in [9.17, 15) is 9.50 Å². The minimum absolute atomic E-state index is 0.00887. The number of hydrogen-bond acceptors (Lipinski definition) is 2. The van der Waals surface area contributed by atoms with Crippen molar-refractivity contribution in [2.75, 3.05) is 0 Å². The lowest BCUT2D eigenvalue weighted by Crippen LogP contribution is -2.18. The van der Waals surface area contributed by atoms with Gasteiger partial charge < -0.3 is 9.84 Å². The number of rotatable bonds is 2. The third-order valence-corrected chi connectivity index (χ3v) is 3.52. The van der Waals surface area contributed by atoms with E-state index in [1.165, 1.54) is 6.07 Å². The third kappa shape index (κ3) is 1.83. The zero-order chi connectivity index (χ0) is 11.9. The Bertz CT molecular complexity index is 425. The average Bonchev–Trinajstić information content (AvgIpc) is 2.55. The smallest absolute Gasteiger partial charge is 0.151 e. The van der Waals surface area contributed by atoms with Gasteiger partial charge in [0.25, 0.3) is 0 Å². The molecular weight excluding hydrogens is 298 g/mol. The molecule has 1 aliphatic rings. The minimum Gasteiger partial charge on any atom is -0.486 e. The molecule has 1 aromatic carbocycles. The van der Waals surface area contributed by atoms with E-state index >= 15 is 0 Å². The van der Waals surface area contributed by atoms with Crippen LogP contribution in [0.2, 0.25) is 5.02 Å². The van der Waals surface area contributed by atoms with Crippen LogP contribution < -0.4 is 4.74 Å². The van der Waals surface area contributed by atoms with E-state index in [2.05, 4.69) is 15.9 Å². The van der Waals surface area contributed by atoms with E-state index in [1.807, 2.05) is 6.92 Å². The Balaban J connectivity index is 2.47. The summed E-state index contributed by atoms with van der Waals surface area (Å²) in [5, 5.41) is 9.95. The van der Waals surface area contributed by atoms with Gasteiger partial charge in [-0.3, -0.25) is 0 Å².